The Labute approximate surface area is 460 Å². The molecule has 0 radical (unpaired) electrons. The SMILES string of the molecule is Cc1ncsc1-c1ccc([C@H](C)NC(=O)[C@@H]2C[C@@H](O)CN2C(=O)[C@@H](c2cc(OCC[C@H]3CCN(CC4CC(Oc5cc(N6C7CC[C@@H]6CN(c6cc(-c8ccccc8O)nnc6N)C7)ccn5)C4)C[C@H]3C)no2)C(C)C)cc1. The molecule has 2 amide bonds. The minimum atomic E-state index is -0.821. The number of pyridine rings is 1. The highest BCUT2D eigenvalue weighted by Gasteiger charge is 2.45. The summed E-state index contributed by atoms with van der Waals surface area (Å²) in [5, 5.41) is 37.1. The van der Waals surface area contributed by atoms with Crippen molar-refractivity contribution in [3.8, 4) is 39.2 Å². The minimum Gasteiger partial charge on any atom is -0.507 e. The van der Waals surface area contributed by atoms with E-state index in [1.807, 2.05) is 81.9 Å². The van der Waals surface area contributed by atoms with E-state index < -0.39 is 18.1 Å². The second kappa shape index (κ2) is 22.9. The number of carbonyl (C=O) groups is 2. The fourth-order valence-electron chi connectivity index (χ4n) is 12.9. The monoisotopic (exact) mass is 1080 g/mol. The molecule has 5 N–H and O–H groups in total. The fraction of sp³-hybridized carbons (Fsp3) is 0.508. The first-order valence-electron chi connectivity index (χ1n) is 27.9. The van der Waals surface area contributed by atoms with Gasteiger partial charge in [-0.05, 0) is 123 Å². The summed E-state index contributed by atoms with van der Waals surface area (Å²) in [7, 11) is 0. The van der Waals surface area contributed by atoms with Gasteiger partial charge in [0.05, 0.1) is 46.2 Å². The summed E-state index contributed by atoms with van der Waals surface area (Å²) in [6.45, 7) is 15.5. The molecule has 412 valence electrons. The summed E-state index contributed by atoms with van der Waals surface area (Å²) >= 11 is 1.60. The van der Waals surface area contributed by atoms with Crippen LogP contribution < -0.4 is 30.3 Å². The number of hydrogen-bond donors (Lipinski definition) is 4. The molecular formula is C59H73N11O7S. The number of nitrogen functional groups attached to an aromatic ring is 1. The lowest BCUT2D eigenvalue weighted by atomic mass is 9.80. The number of nitrogens with two attached hydrogens (primary N) is 1. The number of aliphatic hydroxyl groups excluding tert-OH is 1. The van der Waals surface area contributed by atoms with Crippen molar-refractivity contribution < 1.29 is 33.8 Å². The van der Waals surface area contributed by atoms with E-state index in [9.17, 15) is 19.8 Å². The van der Waals surface area contributed by atoms with Crippen LogP contribution in [0, 0.1) is 30.6 Å². The first kappa shape index (κ1) is 53.2. The van der Waals surface area contributed by atoms with Gasteiger partial charge >= 0.3 is 0 Å². The third-order valence-electron chi connectivity index (χ3n) is 17.1. The number of benzene rings is 2. The Balaban J connectivity index is 0.610. The van der Waals surface area contributed by atoms with Gasteiger partial charge in [-0.25, -0.2) is 9.97 Å². The standard InChI is InChI=1S/C59H73N11O7S/c1-34(2)55(59(74)69-32-45(71)25-50(69)58(73)63-36(4)40-10-12-41(13-11-40)56-37(5)62-33-78-56)52-27-54(66-77-52)75-21-18-39-17-20-67(28-35(39)3)29-38-22-46(23-38)76-53-24-42(16-19-61-53)70-43-14-15-44(70)31-68(30-43)49-26-48(64-65-57(49)60)47-8-6-7-9-51(47)72/h6-13,16,19,24,26-27,33-36,38-39,43-46,50,55,71-72H,14-15,17-18,20-23,25,28-32H2,1-5H3,(H2,60,65)(H,63,73)/t35-,36+,38?,39-,43-,44?,45-,46?,50+,55-/m1/s1. The van der Waals surface area contributed by atoms with Crippen LogP contribution in [0.5, 0.6) is 17.5 Å². The molecule has 6 aromatic rings. The molecule has 18 nitrogen and oxygen atoms in total. The number of aryl methyl sites for hydroxylation is 1. The Morgan fingerprint density at radius 3 is 2.44 bits per heavy atom. The highest BCUT2D eigenvalue weighted by molar-refractivity contribution is 7.13. The molecule has 4 saturated heterocycles. The van der Waals surface area contributed by atoms with E-state index in [-0.39, 0.29) is 48.6 Å². The van der Waals surface area contributed by atoms with Gasteiger partial charge in [0.15, 0.2) is 11.6 Å². The van der Waals surface area contributed by atoms with Gasteiger partial charge in [0.1, 0.15) is 23.8 Å². The number of hydrogen-bond acceptors (Lipinski definition) is 17. The van der Waals surface area contributed by atoms with E-state index in [0.29, 0.717) is 71.0 Å². The molecule has 1 saturated carbocycles. The van der Waals surface area contributed by atoms with Crippen LogP contribution in [0.3, 0.4) is 0 Å². The molecule has 2 aromatic carbocycles. The Morgan fingerprint density at radius 1 is 0.923 bits per heavy atom. The van der Waals surface area contributed by atoms with Crippen molar-refractivity contribution in [2.75, 3.05) is 61.4 Å². The number of piperazine rings is 1. The van der Waals surface area contributed by atoms with Crippen molar-refractivity contribution in [1.29, 1.82) is 0 Å². The number of fused-ring (bicyclic) bond motifs is 2. The van der Waals surface area contributed by atoms with E-state index in [4.69, 9.17) is 19.7 Å². The second-order valence-corrected chi connectivity index (χ2v) is 23.7. The predicted molar refractivity (Wildman–Crippen MR) is 299 cm³/mol. The number of carbonyl (C=O) groups excluding carboxylic acids is 2. The number of thiazole rings is 1. The van der Waals surface area contributed by atoms with Gasteiger partial charge in [-0.3, -0.25) is 9.59 Å². The summed E-state index contributed by atoms with van der Waals surface area (Å²) in [5.41, 5.74) is 14.5. The Kier molecular flexibility index (Phi) is 15.6. The van der Waals surface area contributed by atoms with Crippen LogP contribution >= 0.6 is 11.3 Å². The van der Waals surface area contributed by atoms with Crippen molar-refractivity contribution in [2.24, 2.45) is 23.7 Å². The van der Waals surface area contributed by atoms with Gasteiger partial charge in [-0.2, -0.15) is 0 Å². The average Bonchev–Trinajstić information content (AvgIpc) is 4.31. The normalized spacial score (nSPS) is 25.0. The van der Waals surface area contributed by atoms with Crippen molar-refractivity contribution in [2.45, 2.75) is 122 Å². The molecule has 8 heterocycles. The van der Waals surface area contributed by atoms with E-state index in [1.165, 1.54) is 4.90 Å². The minimum absolute atomic E-state index is 0.0620. The maximum absolute atomic E-state index is 14.3. The van der Waals surface area contributed by atoms with Crippen molar-refractivity contribution in [1.82, 2.24) is 40.4 Å². The molecule has 8 atom stereocenters. The predicted octanol–water partition coefficient (Wildman–Crippen LogP) is 8.27. The molecule has 19 heteroatoms. The maximum Gasteiger partial charge on any atom is 0.254 e. The van der Waals surface area contributed by atoms with Crippen molar-refractivity contribution in [3.05, 3.63) is 102 Å². The van der Waals surface area contributed by atoms with Gasteiger partial charge in [0.2, 0.25) is 17.7 Å². The van der Waals surface area contributed by atoms with E-state index >= 15 is 0 Å². The molecule has 1 unspecified atom stereocenters. The number of nitrogens with one attached hydrogen (secondary N) is 1. The lowest BCUT2D eigenvalue weighted by Gasteiger charge is -2.44. The molecule has 11 rings (SSSR count). The zero-order chi connectivity index (χ0) is 54.2. The van der Waals surface area contributed by atoms with Crippen LogP contribution in [0.2, 0.25) is 0 Å². The fourth-order valence-corrected chi connectivity index (χ4v) is 13.7. The number of para-hydroxylation sites is 1. The first-order valence-corrected chi connectivity index (χ1v) is 28.8. The summed E-state index contributed by atoms with van der Waals surface area (Å²) in [4.78, 5) is 47.2. The third-order valence-corrected chi connectivity index (χ3v) is 18.1. The smallest absolute Gasteiger partial charge is 0.254 e. The van der Waals surface area contributed by atoms with Crippen LogP contribution in [0.15, 0.2) is 89.0 Å². The molecule has 1 aliphatic carbocycles. The van der Waals surface area contributed by atoms with Crippen LogP contribution in [-0.2, 0) is 9.59 Å². The lowest BCUT2D eigenvalue weighted by molar-refractivity contribution is -0.141. The molecule has 5 aliphatic rings. The van der Waals surface area contributed by atoms with Gasteiger partial charge < -0.3 is 54.9 Å². The van der Waals surface area contributed by atoms with E-state index in [0.717, 1.165) is 104 Å². The number of rotatable bonds is 18. The van der Waals surface area contributed by atoms with Crippen LogP contribution in [0.4, 0.5) is 17.2 Å². The number of β-amino-alcohol motifs (C(OH)–C–C–N with tert-alkyl or cyclic N) is 1. The Hall–Kier alpha value is -6.83. The molecule has 0 spiro atoms. The average molecular weight is 1080 g/mol. The maximum atomic E-state index is 14.3. The number of nitrogens with zero attached hydrogens (tertiary/aromatic N) is 9. The number of aromatic nitrogens is 5. The summed E-state index contributed by atoms with van der Waals surface area (Å²) in [6, 6.07) is 22.6. The number of amides is 2. The second-order valence-electron chi connectivity index (χ2n) is 22.9. The summed E-state index contributed by atoms with van der Waals surface area (Å²) in [5.74, 6) is 2.13. The quantitative estimate of drug-likeness (QED) is 0.0636. The van der Waals surface area contributed by atoms with Gasteiger partial charge in [0, 0.05) is 80.8 Å². The van der Waals surface area contributed by atoms with Crippen molar-refractivity contribution >= 4 is 40.3 Å². The van der Waals surface area contributed by atoms with Crippen LogP contribution in [0.25, 0.3) is 21.7 Å². The Morgan fingerprint density at radius 2 is 1.71 bits per heavy atom. The van der Waals surface area contributed by atoms with Gasteiger partial charge in [-0.1, -0.05) is 57.2 Å². The topological polar surface area (TPSA) is 222 Å². The summed E-state index contributed by atoms with van der Waals surface area (Å²) < 4.78 is 18.4. The number of aromatic hydroxyl groups is 1. The number of phenolic OH excluding ortho intramolecular Hbond substituents is 1. The zero-order valence-corrected chi connectivity index (χ0v) is 46.1. The summed E-state index contributed by atoms with van der Waals surface area (Å²) in [6.07, 6.45) is 7.55. The molecule has 78 heavy (non-hydrogen) atoms. The first-order chi connectivity index (χ1) is 37.7. The van der Waals surface area contributed by atoms with E-state index in [1.54, 1.807) is 29.5 Å². The molecular weight excluding hydrogens is 1010 g/mol. The lowest BCUT2D eigenvalue weighted by Crippen LogP contribution is -2.54. The van der Waals surface area contributed by atoms with Gasteiger partial charge in [-0.15, -0.1) is 21.5 Å². The number of ether oxygens (including phenoxy) is 2. The number of phenols is 1. The molecule has 4 aromatic heterocycles. The number of anilines is 3. The van der Waals surface area contributed by atoms with Crippen molar-refractivity contribution in [3.63, 3.8) is 0 Å². The zero-order valence-electron chi connectivity index (χ0n) is 45.3. The highest BCUT2D eigenvalue weighted by atomic mass is 32.1. The number of piperidine rings is 1. The molecule has 5 fully saturated rings. The number of likely N-dealkylation sites (tertiary alicyclic amines) is 2. The Bertz CT molecular complexity index is 3040. The van der Waals surface area contributed by atoms with Crippen LogP contribution in [0.1, 0.15) is 102 Å². The molecule has 4 aliphatic heterocycles. The third kappa shape index (κ3) is 11.4. The highest BCUT2D eigenvalue weighted by Crippen LogP contribution is 2.41. The van der Waals surface area contributed by atoms with E-state index in [2.05, 4.69) is 64.4 Å². The number of aliphatic hydroxyl groups is 1. The van der Waals surface area contributed by atoms with Crippen LogP contribution in [-0.4, -0.2) is 133 Å². The largest absolute Gasteiger partial charge is 0.507 e. The van der Waals surface area contributed by atoms with Gasteiger partial charge in [0.25, 0.3) is 5.88 Å². The molecule has 2 bridgehead atoms.